The van der Waals surface area contributed by atoms with Crippen molar-refractivity contribution in [3.8, 4) is 0 Å². The van der Waals surface area contributed by atoms with E-state index in [1.807, 2.05) is 0 Å². The molecule has 0 heterocycles. The molecule has 0 radical (unpaired) electrons. The lowest BCUT2D eigenvalue weighted by Gasteiger charge is -2.34. The zero-order valence-electron chi connectivity index (χ0n) is 39.9. The molecule has 0 aliphatic carbocycles. The lowest BCUT2D eigenvalue weighted by atomic mass is 10.0. The molecule has 0 saturated carbocycles. The third-order valence-electron chi connectivity index (χ3n) is 11.4. The normalized spacial score (nSPS) is 13.2. The van der Waals surface area contributed by atoms with E-state index in [-0.39, 0.29) is 42.7 Å². The third kappa shape index (κ3) is 40.9. The van der Waals surface area contributed by atoms with Crippen molar-refractivity contribution in [3.05, 3.63) is 36.5 Å². The number of carbonyl (C=O) groups excluding carboxylic acids is 3. The van der Waals surface area contributed by atoms with Crippen LogP contribution in [0.25, 0.3) is 0 Å². The summed E-state index contributed by atoms with van der Waals surface area (Å²) >= 11 is 0. The van der Waals surface area contributed by atoms with Crippen molar-refractivity contribution in [3.63, 3.8) is 0 Å². The number of allylic oxidation sites excluding steroid dienone is 6. The number of carboxylic acid groups (broad SMARTS) is 1. The number of quaternary nitrogens is 1. The van der Waals surface area contributed by atoms with Crippen LogP contribution in [0.4, 0.5) is 0 Å². The Labute approximate surface area is 370 Å². The van der Waals surface area contributed by atoms with Crippen molar-refractivity contribution in [2.75, 3.05) is 41.0 Å². The number of carbonyl (C=O) groups is 3. The molecule has 0 aromatic rings. The Hall–Kier alpha value is -2.45. The molecule has 2 unspecified atom stereocenters. The molecule has 0 N–H and O–H groups in total. The second kappa shape index (κ2) is 43.2. The summed E-state index contributed by atoms with van der Waals surface area (Å²) in [6.45, 7) is 4.55. The van der Waals surface area contributed by atoms with Crippen molar-refractivity contribution in [2.45, 2.75) is 238 Å². The molecule has 8 nitrogen and oxygen atoms in total. The van der Waals surface area contributed by atoms with Crippen LogP contribution in [0.2, 0.25) is 0 Å². The fourth-order valence-electron chi connectivity index (χ4n) is 7.48. The van der Waals surface area contributed by atoms with Gasteiger partial charge < -0.3 is 28.6 Å². The number of carboxylic acids is 1. The number of hydrogen-bond acceptors (Lipinski definition) is 7. The Kier molecular flexibility index (Phi) is 41.4. The average Bonchev–Trinajstić information content (AvgIpc) is 3.21. The smallest absolute Gasteiger partial charge is 0.306 e. The molecule has 0 aromatic carbocycles. The van der Waals surface area contributed by atoms with E-state index in [4.69, 9.17) is 14.2 Å². The van der Waals surface area contributed by atoms with E-state index in [2.05, 4.69) is 50.3 Å². The Morgan fingerprint density at radius 3 is 1.37 bits per heavy atom. The molecule has 0 rings (SSSR count). The van der Waals surface area contributed by atoms with Gasteiger partial charge in [-0.05, 0) is 32.1 Å². The summed E-state index contributed by atoms with van der Waals surface area (Å²) in [4.78, 5) is 37.0. The molecule has 0 saturated heterocycles. The number of likely N-dealkylation sites (N-methyl/N-ethyl adjacent to an activating group) is 1. The monoisotopic (exact) mass is 846 g/mol. The topological polar surface area (TPSA) is 102 Å². The van der Waals surface area contributed by atoms with Crippen LogP contribution in [0.1, 0.15) is 226 Å². The highest BCUT2D eigenvalue weighted by atomic mass is 16.6. The molecular weight excluding hydrogens is 751 g/mol. The highest BCUT2D eigenvalue weighted by molar-refractivity contribution is 5.70. The summed E-state index contributed by atoms with van der Waals surface area (Å²) < 4.78 is 17.2. The molecule has 0 amide bonds. The Morgan fingerprint density at radius 1 is 0.517 bits per heavy atom. The maximum atomic E-state index is 12.7. The maximum Gasteiger partial charge on any atom is 0.306 e. The number of esters is 2. The number of hydrogen-bond donors (Lipinski definition) is 0. The second-order valence-corrected chi connectivity index (χ2v) is 18.1. The van der Waals surface area contributed by atoms with Gasteiger partial charge in [-0.2, -0.15) is 0 Å². The Balaban J connectivity index is 4.20. The zero-order valence-corrected chi connectivity index (χ0v) is 39.9. The average molecular weight is 846 g/mol. The molecule has 0 aliphatic rings. The molecule has 0 bridgehead atoms. The van der Waals surface area contributed by atoms with Crippen molar-refractivity contribution in [2.24, 2.45) is 0 Å². The van der Waals surface area contributed by atoms with Crippen molar-refractivity contribution in [1.29, 1.82) is 0 Å². The predicted molar refractivity (Wildman–Crippen MR) is 250 cm³/mol. The van der Waals surface area contributed by atoms with Crippen LogP contribution >= 0.6 is 0 Å². The van der Waals surface area contributed by atoms with Crippen LogP contribution in [0.15, 0.2) is 36.5 Å². The number of ether oxygens (including phenoxy) is 3. The molecule has 0 spiro atoms. The van der Waals surface area contributed by atoms with Gasteiger partial charge in [-0.1, -0.05) is 211 Å². The van der Waals surface area contributed by atoms with Gasteiger partial charge in [-0.15, -0.1) is 0 Å². The fourth-order valence-corrected chi connectivity index (χ4v) is 7.48. The Bertz CT molecular complexity index is 1080. The van der Waals surface area contributed by atoms with Crippen LogP contribution in [0, 0.1) is 0 Å². The minimum absolute atomic E-state index is 0.0384. The summed E-state index contributed by atoms with van der Waals surface area (Å²) in [5.74, 6) is -1.74. The van der Waals surface area contributed by atoms with E-state index >= 15 is 0 Å². The lowest BCUT2D eigenvalue weighted by molar-refractivity contribution is -0.889. The van der Waals surface area contributed by atoms with E-state index in [0.717, 1.165) is 57.8 Å². The van der Waals surface area contributed by atoms with Gasteiger partial charge in [0.2, 0.25) is 0 Å². The summed E-state index contributed by atoms with van der Waals surface area (Å²) in [6.07, 6.45) is 50.3. The van der Waals surface area contributed by atoms with Gasteiger partial charge in [0.15, 0.2) is 6.10 Å². The highest BCUT2D eigenvalue weighted by Gasteiger charge is 2.25. The number of aliphatic carboxylic acids is 1. The van der Waals surface area contributed by atoms with Gasteiger partial charge in [-0.3, -0.25) is 9.59 Å². The summed E-state index contributed by atoms with van der Waals surface area (Å²) in [5, 5.41) is 11.6. The number of rotatable bonds is 45. The molecule has 8 heteroatoms. The van der Waals surface area contributed by atoms with E-state index in [9.17, 15) is 19.5 Å². The molecule has 60 heavy (non-hydrogen) atoms. The van der Waals surface area contributed by atoms with Gasteiger partial charge >= 0.3 is 11.9 Å². The first-order valence-electron chi connectivity index (χ1n) is 25.0. The highest BCUT2D eigenvalue weighted by Crippen LogP contribution is 2.16. The molecule has 2 atom stereocenters. The standard InChI is InChI=1S/C52H95NO7/c1-6-8-10-12-14-16-18-20-22-23-24-25-26-27-29-30-32-34-36-38-40-42-50(54)59-47-48(46-58-45-44-49(52(56)57)53(3,4)5)60-51(55)43-41-39-37-35-33-31-28-21-19-17-15-13-11-9-7-2/h9,11,13,15,17,19,48-49H,6-8,10,12,14,16,18,20-47H2,1-5H3/b11-9+,15-13+,19-17+. The first kappa shape index (κ1) is 57.5. The Morgan fingerprint density at radius 2 is 0.933 bits per heavy atom. The van der Waals surface area contributed by atoms with Crippen LogP contribution in [-0.4, -0.2) is 75.5 Å². The zero-order chi connectivity index (χ0) is 44.2. The predicted octanol–water partition coefficient (Wildman–Crippen LogP) is 12.9. The van der Waals surface area contributed by atoms with Gasteiger partial charge in [0, 0.05) is 19.3 Å². The molecule has 0 aromatic heterocycles. The minimum atomic E-state index is -1.13. The van der Waals surface area contributed by atoms with Crippen molar-refractivity contribution < 1.29 is 38.2 Å². The van der Waals surface area contributed by atoms with Crippen LogP contribution < -0.4 is 5.11 Å². The van der Waals surface area contributed by atoms with E-state index < -0.39 is 18.1 Å². The molecular formula is C52H95NO7. The van der Waals surface area contributed by atoms with Gasteiger partial charge in [0.25, 0.3) is 0 Å². The first-order chi connectivity index (χ1) is 29.1. The minimum Gasteiger partial charge on any atom is -0.544 e. The van der Waals surface area contributed by atoms with Gasteiger partial charge in [0.05, 0.1) is 40.3 Å². The summed E-state index contributed by atoms with van der Waals surface area (Å²) in [7, 11) is 5.41. The van der Waals surface area contributed by atoms with Crippen molar-refractivity contribution >= 4 is 17.9 Å². The second-order valence-electron chi connectivity index (χ2n) is 18.1. The SMILES string of the molecule is CC/C=C/C=C/C=C/CCCCCCCCCC(=O)OC(COCCC(C(=O)[O-])[N+](C)(C)C)COC(=O)CCCCCCCCCCCCCCCCCCCCCCC. The largest absolute Gasteiger partial charge is 0.544 e. The fraction of sp³-hybridized carbons (Fsp3) is 0.827. The van der Waals surface area contributed by atoms with Gasteiger partial charge in [-0.25, -0.2) is 0 Å². The third-order valence-corrected chi connectivity index (χ3v) is 11.4. The molecule has 0 fully saturated rings. The molecule has 0 aliphatic heterocycles. The quantitative estimate of drug-likeness (QED) is 0.0260. The van der Waals surface area contributed by atoms with Crippen LogP contribution in [0.3, 0.4) is 0 Å². The van der Waals surface area contributed by atoms with E-state index in [1.165, 1.54) is 135 Å². The van der Waals surface area contributed by atoms with Crippen LogP contribution in [-0.2, 0) is 28.6 Å². The summed E-state index contributed by atoms with van der Waals surface area (Å²) in [5.41, 5.74) is 0. The van der Waals surface area contributed by atoms with Gasteiger partial charge in [0.1, 0.15) is 12.6 Å². The van der Waals surface area contributed by atoms with E-state index in [1.54, 1.807) is 21.1 Å². The summed E-state index contributed by atoms with van der Waals surface area (Å²) in [6, 6.07) is -0.727. The van der Waals surface area contributed by atoms with Crippen molar-refractivity contribution in [1.82, 2.24) is 0 Å². The van der Waals surface area contributed by atoms with E-state index in [0.29, 0.717) is 12.8 Å². The first-order valence-corrected chi connectivity index (χ1v) is 25.0. The van der Waals surface area contributed by atoms with Crippen LogP contribution in [0.5, 0.6) is 0 Å². The molecule has 350 valence electrons. The number of unbranched alkanes of at least 4 members (excludes halogenated alkanes) is 27. The maximum absolute atomic E-state index is 12.7. The number of nitrogens with zero attached hydrogens (tertiary/aromatic N) is 1. The lowest BCUT2D eigenvalue weighted by Crippen LogP contribution is -2.55.